The van der Waals surface area contributed by atoms with Crippen LogP contribution in [0.15, 0.2) is 42.5 Å². The van der Waals surface area contributed by atoms with Crippen molar-refractivity contribution in [2.45, 2.75) is 6.10 Å². The number of hydrogen-bond acceptors (Lipinski definition) is 5. The Balaban J connectivity index is 1.43. The lowest BCUT2D eigenvalue weighted by Gasteiger charge is -2.26. The minimum Gasteiger partial charge on any atom is -0.486 e. The van der Waals surface area contributed by atoms with E-state index in [-0.39, 0.29) is 24.8 Å². The van der Waals surface area contributed by atoms with Gasteiger partial charge < -0.3 is 19.5 Å². The average molecular weight is 363 g/mol. The molecule has 0 fully saturated rings. The Kier molecular flexibility index (Phi) is 5.31. The van der Waals surface area contributed by atoms with Crippen molar-refractivity contribution in [3.8, 4) is 11.5 Å². The number of carbonyl (C=O) groups is 2. The molecule has 136 valence electrons. The molecular formula is C18H15F2NO5. The maximum atomic E-state index is 13.1. The molecule has 2 aromatic rings. The van der Waals surface area contributed by atoms with Gasteiger partial charge in [0.25, 0.3) is 5.91 Å². The van der Waals surface area contributed by atoms with Gasteiger partial charge in [-0.15, -0.1) is 0 Å². The highest BCUT2D eigenvalue weighted by Crippen LogP contribution is 2.30. The summed E-state index contributed by atoms with van der Waals surface area (Å²) < 4.78 is 41.9. The van der Waals surface area contributed by atoms with Crippen LogP contribution in [0.25, 0.3) is 0 Å². The molecule has 0 aromatic heterocycles. The van der Waals surface area contributed by atoms with Gasteiger partial charge in [-0.25, -0.2) is 13.6 Å². The third-order valence-electron chi connectivity index (χ3n) is 3.58. The lowest BCUT2D eigenvalue weighted by molar-refractivity contribution is -0.124. The first-order valence-electron chi connectivity index (χ1n) is 7.80. The second kappa shape index (κ2) is 7.81. The number of hydrogen-bond donors (Lipinski definition) is 1. The monoisotopic (exact) mass is 363 g/mol. The molecule has 1 aliphatic rings. The molecule has 0 spiro atoms. The second-order valence-corrected chi connectivity index (χ2v) is 5.51. The first-order valence-corrected chi connectivity index (χ1v) is 7.80. The summed E-state index contributed by atoms with van der Waals surface area (Å²) in [6.45, 7) is -0.121. The first-order chi connectivity index (χ1) is 12.5. The third kappa shape index (κ3) is 4.27. The van der Waals surface area contributed by atoms with Gasteiger partial charge in [-0.2, -0.15) is 0 Å². The van der Waals surface area contributed by atoms with Gasteiger partial charge in [-0.1, -0.05) is 12.1 Å². The summed E-state index contributed by atoms with van der Waals surface area (Å²) in [6, 6.07) is 9.76. The molecule has 0 saturated heterocycles. The Morgan fingerprint density at radius 2 is 1.88 bits per heavy atom. The maximum absolute atomic E-state index is 13.1. The van der Waals surface area contributed by atoms with Crippen LogP contribution >= 0.6 is 0 Å². The van der Waals surface area contributed by atoms with Crippen molar-refractivity contribution in [1.82, 2.24) is 5.32 Å². The Morgan fingerprint density at radius 3 is 2.65 bits per heavy atom. The van der Waals surface area contributed by atoms with Gasteiger partial charge in [0, 0.05) is 0 Å². The summed E-state index contributed by atoms with van der Waals surface area (Å²) in [7, 11) is 0. The van der Waals surface area contributed by atoms with E-state index >= 15 is 0 Å². The van der Waals surface area contributed by atoms with Crippen molar-refractivity contribution < 1.29 is 32.6 Å². The van der Waals surface area contributed by atoms with Gasteiger partial charge in [-0.3, -0.25) is 4.79 Å². The van der Waals surface area contributed by atoms with Crippen LogP contribution in [0.5, 0.6) is 11.5 Å². The molecule has 0 radical (unpaired) electrons. The second-order valence-electron chi connectivity index (χ2n) is 5.51. The van der Waals surface area contributed by atoms with E-state index in [0.717, 1.165) is 12.1 Å². The molecule has 0 bridgehead atoms. The summed E-state index contributed by atoms with van der Waals surface area (Å²) in [6.07, 6.45) is -0.379. The molecular weight excluding hydrogens is 348 g/mol. The number of amides is 1. The number of fused-ring (bicyclic) bond motifs is 1. The number of benzene rings is 2. The van der Waals surface area contributed by atoms with E-state index in [1.807, 2.05) is 6.07 Å². The van der Waals surface area contributed by atoms with Crippen LogP contribution in [-0.2, 0) is 9.53 Å². The van der Waals surface area contributed by atoms with Crippen molar-refractivity contribution in [2.75, 3.05) is 19.8 Å². The largest absolute Gasteiger partial charge is 0.486 e. The number of halogens is 2. The van der Waals surface area contributed by atoms with E-state index in [4.69, 9.17) is 14.2 Å². The lowest BCUT2D eigenvalue weighted by Crippen LogP contribution is -2.42. The van der Waals surface area contributed by atoms with Gasteiger partial charge >= 0.3 is 5.97 Å². The Hall–Kier alpha value is -3.16. The van der Waals surface area contributed by atoms with Crippen LogP contribution in [0, 0.1) is 11.6 Å². The van der Waals surface area contributed by atoms with E-state index in [1.165, 1.54) is 0 Å². The molecule has 0 saturated carbocycles. The third-order valence-corrected chi connectivity index (χ3v) is 3.58. The first kappa shape index (κ1) is 17.7. The maximum Gasteiger partial charge on any atom is 0.338 e. The quantitative estimate of drug-likeness (QED) is 0.824. The minimum absolute atomic E-state index is 0.163. The minimum atomic E-state index is -1.17. The Labute approximate surface area is 147 Å². The van der Waals surface area contributed by atoms with Crippen molar-refractivity contribution in [3.63, 3.8) is 0 Å². The molecule has 6 nitrogen and oxygen atoms in total. The van der Waals surface area contributed by atoms with Gasteiger partial charge in [0.05, 0.1) is 12.1 Å². The summed E-state index contributed by atoms with van der Waals surface area (Å²) >= 11 is 0. The molecule has 1 N–H and O–H groups in total. The van der Waals surface area contributed by atoms with Gasteiger partial charge in [0.1, 0.15) is 12.7 Å². The standard InChI is InChI=1S/C18H15F2NO5/c19-13-6-5-11(7-14(13)20)18(23)25-10-17(22)21-8-12-9-24-15-3-1-2-4-16(15)26-12/h1-7,12H,8-10H2,(H,21,22). The number of carbonyl (C=O) groups excluding carboxylic acids is 2. The normalized spacial score (nSPS) is 15.2. The number of para-hydroxylation sites is 2. The van der Waals surface area contributed by atoms with Gasteiger partial charge in [0.2, 0.25) is 0 Å². The van der Waals surface area contributed by atoms with Crippen molar-refractivity contribution in [1.29, 1.82) is 0 Å². The van der Waals surface area contributed by atoms with E-state index in [9.17, 15) is 18.4 Å². The fourth-order valence-electron chi connectivity index (χ4n) is 2.28. The number of nitrogens with one attached hydrogen (secondary N) is 1. The van der Waals surface area contributed by atoms with Crippen molar-refractivity contribution >= 4 is 11.9 Å². The van der Waals surface area contributed by atoms with E-state index in [1.54, 1.807) is 18.2 Å². The van der Waals surface area contributed by atoms with E-state index < -0.39 is 30.1 Å². The zero-order valence-corrected chi connectivity index (χ0v) is 13.5. The highest BCUT2D eigenvalue weighted by Gasteiger charge is 2.21. The molecule has 0 aliphatic carbocycles. The highest BCUT2D eigenvalue weighted by atomic mass is 19.2. The smallest absolute Gasteiger partial charge is 0.338 e. The van der Waals surface area contributed by atoms with Crippen LogP contribution in [0.4, 0.5) is 8.78 Å². The summed E-state index contributed by atoms with van der Waals surface area (Å²) in [5.74, 6) is -2.50. The molecule has 1 heterocycles. The van der Waals surface area contributed by atoms with Crippen LogP contribution < -0.4 is 14.8 Å². The summed E-state index contributed by atoms with van der Waals surface area (Å²) in [5, 5.41) is 2.56. The average Bonchev–Trinajstić information content (AvgIpc) is 2.66. The molecule has 1 atom stereocenters. The SMILES string of the molecule is O=C(COC(=O)c1ccc(F)c(F)c1)NCC1COc2ccccc2O1. The fraction of sp³-hybridized carbons (Fsp3) is 0.222. The number of esters is 1. The molecule has 1 amide bonds. The summed E-state index contributed by atoms with van der Waals surface area (Å²) in [4.78, 5) is 23.5. The molecule has 1 unspecified atom stereocenters. The molecule has 26 heavy (non-hydrogen) atoms. The number of ether oxygens (including phenoxy) is 3. The molecule has 2 aromatic carbocycles. The van der Waals surface area contributed by atoms with Gasteiger partial charge in [0.15, 0.2) is 29.7 Å². The highest BCUT2D eigenvalue weighted by molar-refractivity contribution is 5.91. The van der Waals surface area contributed by atoms with Crippen LogP contribution in [0.2, 0.25) is 0 Å². The van der Waals surface area contributed by atoms with Crippen LogP contribution in [0.1, 0.15) is 10.4 Å². The predicted octanol–water partition coefficient (Wildman–Crippen LogP) is 2.08. The molecule has 3 rings (SSSR count). The van der Waals surface area contributed by atoms with Crippen molar-refractivity contribution in [3.05, 3.63) is 59.7 Å². The van der Waals surface area contributed by atoms with Crippen LogP contribution in [0.3, 0.4) is 0 Å². The number of rotatable bonds is 5. The Bertz CT molecular complexity index is 827. The zero-order chi connectivity index (χ0) is 18.5. The van der Waals surface area contributed by atoms with Crippen LogP contribution in [-0.4, -0.2) is 37.7 Å². The van der Waals surface area contributed by atoms with E-state index in [0.29, 0.717) is 17.6 Å². The predicted molar refractivity (Wildman–Crippen MR) is 86.0 cm³/mol. The van der Waals surface area contributed by atoms with Crippen molar-refractivity contribution in [2.24, 2.45) is 0 Å². The fourth-order valence-corrected chi connectivity index (χ4v) is 2.28. The van der Waals surface area contributed by atoms with E-state index in [2.05, 4.69) is 5.32 Å². The molecule has 8 heteroatoms. The van der Waals surface area contributed by atoms with Gasteiger partial charge in [-0.05, 0) is 30.3 Å². The summed E-state index contributed by atoms with van der Waals surface area (Å²) in [5.41, 5.74) is -0.183. The zero-order valence-electron chi connectivity index (χ0n) is 13.5. The Morgan fingerprint density at radius 1 is 1.12 bits per heavy atom. The lowest BCUT2D eigenvalue weighted by atomic mass is 10.2. The molecule has 1 aliphatic heterocycles. The topological polar surface area (TPSA) is 73.9 Å².